The van der Waals surface area contributed by atoms with Crippen LogP contribution in [0.4, 0.5) is 11.5 Å². The molecule has 0 aliphatic heterocycles. The summed E-state index contributed by atoms with van der Waals surface area (Å²) in [6.45, 7) is 0. The van der Waals surface area contributed by atoms with Crippen LogP contribution in [0.15, 0.2) is 24.3 Å². The van der Waals surface area contributed by atoms with Crippen LogP contribution in [0.25, 0.3) is 10.9 Å². The van der Waals surface area contributed by atoms with Gasteiger partial charge in [0.15, 0.2) is 23.0 Å². The zero-order valence-electron chi connectivity index (χ0n) is 16.1. The number of ether oxygens (including phenoxy) is 4. The number of carboxylic acids is 1. The average molecular weight is 420 g/mol. The largest absolute Gasteiger partial charge is 0.493 e. The van der Waals surface area contributed by atoms with Gasteiger partial charge in [-0.15, -0.1) is 0 Å². The molecule has 0 aliphatic carbocycles. The summed E-state index contributed by atoms with van der Waals surface area (Å²) in [7, 11) is 5.89. The lowest BCUT2D eigenvalue weighted by molar-refractivity contribution is 0.0697. The molecular formula is C19H18ClN3O6. The van der Waals surface area contributed by atoms with Gasteiger partial charge in [0, 0.05) is 23.6 Å². The minimum absolute atomic E-state index is 0.0235. The van der Waals surface area contributed by atoms with Crippen LogP contribution in [0.2, 0.25) is 5.28 Å². The number of hydrogen-bond donors (Lipinski definition) is 2. The smallest absolute Gasteiger partial charge is 0.337 e. The first-order valence-electron chi connectivity index (χ1n) is 8.27. The molecule has 152 valence electrons. The van der Waals surface area contributed by atoms with E-state index in [2.05, 4.69) is 15.3 Å². The Kier molecular flexibility index (Phi) is 5.79. The zero-order chi connectivity index (χ0) is 21.1. The minimum atomic E-state index is -1.16. The Morgan fingerprint density at radius 1 is 0.897 bits per heavy atom. The van der Waals surface area contributed by atoms with Crippen molar-refractivity contribution in [2.45, 2.75) is 0 Å². The van der Waals surface area contributed by atoms with Gasteiger partial charge in [0.1, 0.15) is 5.82 Å². The Morgan fingerprint density at radius 3 is 2.03 bits per heavy atom. The number of aromatic nitrogens is 2. The molecule has 1 heterocycles. The van der Waals surface area contributed by atoms with Crippen LogP contribution in [0, 0.1) is 0 Å². The molecular weight excluding hydrogens is 402 g/mol. The molecule has 2 N–H and O–H groups in total. The summed E-state index contributed by atoms with van der Waals surface area (Å²) in [5.74, 6) is 0.696. The highest BCUT2D eigenvalue weighted by molar-refractivity contribution is 6.29. The summed E-state index contributed by atoms with van der Waals surface area (Å²) in [6.07, 6.45) is 0. The third-order valence-electron chi connectivity index (χ3n) is 4.18. The lowest BCUT2D eigenvalue weighted by Gasteiger charge is -2.16. The fourth-order valence-electron chi connectivity index (χ4n) is 2.81. The van der Waals surface area contributed by atoms with Gasteiger partial charge >= 0.3 is 5.97 Å². The van der Waals surface area contributed by atoms with Gasteiger partial charge in [0.05, 0.1) is 45.2 Å². The lowest BCUT2D eigenvalue weighted by Crippen LogP contribution is -2.06. The number of nitrogens with one attached hydrogen (secondary N) is 1. The molecule has 2 aromatic carbocycles. The summed E-state index contributed by atoms with van der Waals surface area (Å²) in [5, 5.41) is 13.1. The molecule has 0 bridgehead atoms. The molecule has 0 saturated heterocycles. The Labute approximate surface area is 171 Å². The molecule has 0 aliphatic rings. The molecule has 0 unspecified atom stereocenters. The highest BCUT2D eigenvalue weighted by Gasteiger charge is 2.19. The van der Waals surface area contributed by atoms with E-state index in [0.29, 0.717) is 28.2 Å². The summed E-state index contributed by atoms with van der Waals surface area (Å²) in [6, 6.07) is 6.19. The number of benzene rings is 2. The number of nitrogens with zero attached hydrogens (tertiary/aromatic N) is 2. The summed E-state index contributed by atoms with van der Waals surface area (Å²) < 4.78 is 21.1. The maximum absolute atomic E-state index is 11.8. The topological polar surface area (TPSA) is 112 Å². The van der Waals surface area contributed by atoms with E-state index in [1.165, 1.54) is 40.6 Å². The Morgan fingerprint density at radius 2 is 1.45 bits per heavy atom. The van der Waals surface area contributed by atoms with Gasteiger partial charge in [-0.1, -0.05) is 0 Å². The summed E-state index contributed by atoms with van der Waals surface area (Å²) in [4.78, 5) is 20.2. The highest BCUT2D eigenvalue weighted by Crippen LogP contribution is 2.38. The number of fused-ring (bicyclic) bond motifs is 1. The third kappa shape index (κ3) is 3.90. The van der Waals surface area contributed by atoms with Crippen molar-refractivity contribution in [3.05, 3.63) is 35.1 Å². The van der Waals surface area contributed by atoms with E-state index in [0.717, 1.165) is 0 Å². The van der Waals surface area contributed by atoms with Crippen LogP contribution < -0.4 is 24.3 Å². The molecule has 9 nitrogen and oxygen atoms in total. The molecule has 0 saturated carbocycles. The van der Waals surface area contributed by atoms with Gasteiger partial charge in [-0.25, -0.2) is 9.78 Å². The summed E-state index contributed by atoms with van der Waals surface area (Å²) in [5.41, 5.74) is 0.689. The molecule has 10 heteroatoms. The van der Waals surface area contributed by atoms with Gasteiger partial charge in [-0.05, 0) is 17.7 Å². The van der Waals surface area contributed by atoms with Gasteiger partial charge < -0.3 is 29.4 Å². The monoisotopic (exact) mass is 419 g/mol. The normalized spacial score (nSPS) is 10.5. The van der Waals surface area contributed by atoms with E-state index >= 15 is 0 Å². The Bertz CT molecular complexity index is 1090. The molecule has 1 aromatic heterocycles. The number of carboxylic acid groups (broad SMARTS) is 1. The molecule has 3 aromatic rings. The molecule has 0 radical (unpaired) electrons. The number of carbonyl (C=O) groups is 1. The van der Waals surface area contributed by atoms with E-state index in [4.69, 9.17) is 30.5 Å². The van der Waals surface area contributed by atoms with Crippen LogP contribution in [0.5, 0.6) is 23.0 Å². The van der Waals surface area contributed by atoms with Gasteiger partial charge in [-0.2, -0.15) is 4.98 Å². The molecule has 29 heavy (non-hydrogen) atoms. The molecule has 0 amide bonds. The molecule has 0 atom stereocenters. The molecule has 0 fully saturated rings. The lowest BCUT2D eigenvalue weighted by atomic mass is 10.1. The number of methoxy groups -OCH3 is 4. The van der Waals surface area contributed by atoms with E-state index < -0.39 is 5.97 Å². The van der Waals surface area contributed by atoms with Crippen molar-refractivity contribution < 1.29 is 28.8 Å². The first kappa shape index (κ1) is 20.3. The maximum atomic E-state index is 11.8. The number of hydrogen-bond acceptors (Lipinski definition) is 8. The van der Waals surface area contributed by atoms with E-state index in [-0.39, 0.29) is 28.1 Å². The second-order valence-corrected chi connectivity index (χ2v) is 6.09. The average Bonchev–Trinajstić information content (AvgIpc) is 2.71. The second kappa shape index (κ2) is 8.27. The predicted octanol–water partition coefficient (Wildman–Crippen LogP) is 3.76. The predicted molar refractivity (Wildman–Crippen MR) is 107 cm³/mol. The first-order chi connectivity index (χ1) is 13.9. The summed E-state index contributed by atoms with van der Waals surface area (Å²) >= 11 is 6.07. The maximum Gasteiger partial charge on any atom is 0.337 e. The van der Waals surface area contributed by atoms with Crippen LogP contribution in [-0.4, -0.2) is 49.5 Å². The Balaban J connectivity index is 2.21. The first-order valence-corrected chi connectivity index (χ1v) is 8.65. The van der Waals surface area contributed by atoms with Crippen molar-refractivity contribution >= 4 is 40.0 Å². The van der Waals surface area contributed by atoms with Crippen molar-refractivity contribution in [3.8, 4) is 23.0 Å². The van der Waals surface area contributed by atoms with Crippen molar-refractivity contribution in [2.75, 3.05) is 33.8 Å². The zero-order valence-corrected chi connectivity index (χ0v) is 16.8. The van der Waals surface area contributed by atoms with Crippen molar-refractivity contribution in [1.82, 2.24) is 9.97 Å². The van der Waals surface area contributed by atoms with Crippen molar-refractivity contribution in [1.29, 1.82) is 0 Å². The van der Waals surface area contributed by atoms with Crippen LogP contribution in [-0.2, 0) is 0 Å². The number of rotatable bonds is 7. The number of halogens is 1. The quantitative estimate of drug-likeness (QED) is 0.552. The third-order valence-corrected chi connectivity index (χ3v) is 4.35. The highest BCUT2D eigenvalue weighted by atomic mass is 35.5. The van der Waals surface area contributed by atoms with Gasteiger partial charge in [0.2, 0.25) is 5.28 Å². The van der Waals surface area contributed by atoms with E-state index in [1.54, 1.807) is 12.1 Å². The minimum Gasteiger partial charge on any atom is -0.493 e. The fourth-order valence-corrected chi connectivity index (χ4v) is 2.99. The van der Waals surface area contributed by atoms with Crippen molar-refractivity contribution in [3.63, 3.8) is 0 Å². The van der Waals surface area contributed by atoms with Crippen molar-refractivity contribution in [2.24, 2.45) is 0 Å². The number of aromatic carboxylic acids is 1. The Hall–Kier alpha value is -3.46. The van der Waals surface area contributed by atoms with Gasteiger partial charge in [-0.3, -0.25) is 0 Å². The van der Waals surface area contributed by atoms with Gasteiger partial charge in [0.25, 0.3) is 0 Å². The van der Waals surface area contributed by atoms with Crippen LogP contribution in [0.3, 0.4) is 0 Å². The number of anilines is 2. The molecule has 3 rings (SSSR count). The van der Waals surface area contributed by atoms with E-state index in [1.807, 2.05) is 0 Å². The SMILES string of the molecule is COc1cc(Nc2nc(Cl)nc3cc(OC)c(OC)cc23)c(C(=O)O)cc1OC. The standard InChI is InChI=1S/C19H18ClN3O6/c1-26-13-5-9-11(7-15(13)28-3)22-19(20)23-17(9)21-12-8-16(29-4)14(27-2)6-10(12)18(24)25/h5-8H,1-4H3,(H,24,25)(H,21,22,23). The molecule has 0 spiro atoms. The fraction of sp³-hybridized carbons (Fsp3) is 0.211. The second-order valence-electron chi connectivity index (χ2n) is 5.75. The van der Waals surface area contributed by atoms with Crippen LogP contribution in [0.1, 0.15) is 10.4 Å². The van der Waals surface area contributed by atoms with Crippen LogP contribution >= 0.6 is 11.6 Å². The van der Waals surface area contributed by atoms with E-state index in [9.17, 15) is 9.90 Å².